The van der Waals surface area contributed by atoms with Crippen LogP contribution in [0.15, 0.2) is 60.7 Å². The first-order chi connectivity index (χ1) is 20.9. The van der Waals surface area contributed by atoms with Crippen molar-refractivity contribution in [2.24, 2.45) is 0 Å². The summed E-state index contributed by atoms with van der Waals surface area (Å²) in [7, 11) is 0. The summed E-state index contributed by atoms with van der Waals surface area (Å²) in [6.07, 6.45) is 1.87. The lowest BCUT2D eigenvalue weighted by Gasteiger charge is -2.31. The number of ether oxygens (including phenoxy) is 2. The second-order valence-electron chi connectivity index (χ2n) is 11.0. The molecule has 2 aromatic heterocycles. The van der Waals surface area contributed by atoms with Gasteiger partial charge in [-0.15, -0.1) is 0 Å². The van der Waals surface area contributed by atoms with E-state index >= 15 is 0 Å². The van der Waals surface area contributed by atoms with Gasteiger partial charge in [-0.25, -0.2) is 19.2 Å². The topological polar surface area (TPSA) is 114 Å². The van der Waals surface area contributed by atoms with Gasteiger partial charge < -0.3 is 19.1 Å². The fourth-order valence-corrected chi connectivity index (χ4v) is 5.85. The third-order valence-electron chi connectivity index (χ3n) is 8.29. The highest BCUT2D eigenvalue weighted by Gasteiger charge is 2.25. The number of aromatic carboxylic acids is 1. The lowest BCUT2D eigenvalue weighted by Crippen LogP contribution is -2.34. The number of pyridine rings is 1. The average Bonchev–Trinajstić information content (AvgIpc) is 3.33. The first kappa shape index (κ1) is 27.0. The third-order valence-corrected chi connectivity index (χ3v) is 8.29. The van der Waals surface area contributed by atoms with E-state index in [9.17, 15) is 14.3 Å². The largest absolute Gasteiger partial charge is 0.478 e. The number of nitriles is 1. The van der Waals surface area contributed by atoms with E-state index in [4.69, 9.17) is 24.7 Å². The zero-order valence-corrected chi connectivity index (χ0v) is 23.3. The first-order valence-corrected chi connectivity index (χ1v) is 14.2. The standard InChI is InChI=1S/C33H28FN5O4/c34-27-13-20(15-35)1-2-24(27)19-43-31-8-6-21-3-4-23-16-38(11-9-26(23)32(21)37-31)18-30-36-28-7-5-22(33(40)41)14-29(28)39(30)17-25-10-12-42-25/h1-8,13-14,25H,9-12,16-19H2,(H,40,41). The molecule has 0 amide bonds. The van der Waals surface area contributed by atoms with Crippen molar-refractivity contribution in [3.05, 3.63) is 100 Å². The lowest BCUT2D eigenvalue weighted by molar-refractivity contribution is -0.0592. The molecule has 5 aromatic rings. The molecule has 1 atom stereocenters. The predicted molar refractivity (Wildman–Crippen MR) is 156 cm³/mol. The molecule has 0 aliphatic carbocycles. The van der Waals surface area contributed by atoms with Crippen LogP contribution in [0.5, 0.6) is 5.88 Å². The number of hydrogen-bond acceptors (Lipinski definition) is 7. The minimum atomic E-state index is -0.959. The van der Waals surface area contributed by atoms with Crippen LogP contribution in [-0.4, -0.2) is 49.8 Å². The Hall–Kier alpha value is -4.85. The summed E-state index contributed by atoms with van der Waals surface area (Å²) < 4.78 is 28.0. The molecule has 43 heavy (non-hydrogen) atoms. The monoisotopic (exact) mass is 577 g/mol. The summed E-state index contributed by atoms with van der Waals surface area (Å²) in [6, 6.07) is 19.3. The van der Waals surface area contributed by atoms with E-state index in [0.717, 1.165) is 60.3 Å². The van der Waals surface area contributed by atoms with Crippen LogP contribution in [0.25, 0.3) is 21.9 Å². The zero-order valence-electron chi connectivity index (χ0n) is 23.3. The van der Waals surface area contributed by atoms with E-state index in [1.807, 2.05) is 12.1 Å². The number of carbonyl (C=O) groups is 1. The zero-order chi connectivity index (χ0) is 29.5. The molecule has 1 unspecified atom stereocenters. The molecule has 1 saturated heterocycles. The maximum atomic E-state index is 14.3. The van der Waals surface area contributed by atoms with E-state index < -0.39 is 11.8 Å². The molecule has 2 aliphatic rings. The second-order valence-corrected chi connectivity index (χ2v) is 11.0. The van der Waals surface area contributed by atoms with Crippen LogP contribution in [0.1, 0.15) is 44.9 Å². The van der Waals surface area contributed by atoms with Gasteiger partial charge in [0, 0.05) is 36.7 Å². The lowest BCUT2D eigenvalue weighted by atomic mass is 9.96. The number of hydrogen-bond donors (Lipinski definition) is 1. The maximum Gasteiger partial charge on any atom is 0.335 e. The average molecular weight is 578 g/mol. The van der Waals surface area contributed by atoms with E-state index in [1.54, 1.807) is 36.4 Å². The maximum absolute atomic E-state index is 14.3. The molecule has 3 aromatic carbocycles. The molecule has 0 saturated carbocycles. The molecule has 0 bridgehead atoms. The third kappa shape index (κ3) is 5.29. The number of imidazole rings is 1. The van der Waals surface area contributed by atoms with Crippen LogP contribution in [0.4, 0.5) is 4.39 Å². The van der Waals surface area contributed by atoms with E-state index in [-0.39, 0.29) is 23.8 Å². The van der Waals surface area contributed by atoms with Crippen molar-refractivity contribution in [2.45, 2.75) is 45.2 Å². The number of rotatable bonds is 8. The SMILES string of the molecule is N#Cc1ccc(COc2ccc3ccc4c(c3n2)CCN(Cc2nc3ccc(C(=O)O)cc3n2CC2CCO2)C4)c(F)c1. The predicted octanol–water partition coefficient (Wildman–Crippen LogP) is 5.22. The Kier molecular flexibility index (Phi) is 6.97. The number of fused-ring (bicyclic) bond motifs is 4. The van der Waals surface area contributed by atoms with Crippen molar-refractivity contribution in [2.75, 3.05) is 13.2 Å². The number of halogens is 1. The molecule has 1 N–H and O–H groups in total. The minimum absolute atomic E-state index is 0.0136. The molecular weight excluding hydrogens is 549 g/mol. The Labute approximate surface area is 246 Å². The van der Waals surface area contributed by atoms with Gasteiger partial charge in [0.05, 0.1) is 52.9 Å². The Bertz CT molecular complexity index is 1930. The summed E-state index contributed by atoms with van der Waals surface area (Å²) in [5, 5.41) is 19.5. The van der Waals surface area contributed by atoms with Gasteiger partial charge in [-0.2, -0.15) is 5.26 Å². The highest BCUT2D eigenvalue weighted by Crippen LogP contribution is 2.30. The first-order valence-electron chi connectivity index (χ1n) is 14.2. The smallest absolute Gasteiger partial charge is 0.335 e. The fourth-order valence-electron chi connectivity index (χ4n) is 5.85. The number of nitrogens with zero attached hydrogens (tertiary/aromatic N) is 5. The molecule has 7 rings (SSSR count). The molecule has 9 nitrogen and oxygen atoms in total. The molecule has 0 spiro atoms. The Balaban J connectivity index is 1.12. The fraction of sp³-hybridized carbons (Fsp3) is 0.273. The van der Waals surface area contributed by atoms with E-state index in [0.29, 0.717) is 24.5 Å². The van der Waals surface area contributed by atoms with Gasteiger partial charge in [-0.1, -0.05) is 18.2 Å². The summed E-state index contributed by atoms with van der Waals surface area (Å²) in [6.45, 7) is 3.55. The van der Waals surface area contributed by atoms with Gasteiger partial charge in [0.25, 0.3) is 0 Å². The number of aromatic nitrogens is 3. The quantitative estimate of drug-likeness (QED) is 0.267. The molecule has 2 aliphatic heterocycles. The summed E-state index contributed by atoms with van der Waals surface area (Å²) in [4.78, 5) is 23.7. The van der Waals surface area contributed by atoms with Gasteiger partial charge in [-0.05, 0) is 60.4 Å². The molecule has 4 heterocycles. The molecule has 1 fully saturated rings. The van der Waals surface area contributed by atoms with Gasteiger partial charge in [0.15, 0.2) is 0 Å². The van der Waals surface area contributed by atoms with Crippen LogP contribution >= 0.6 is 0 Å². The van der Waals surface area contributed by atoms with E-state index in [2.05, 4.69) is 21.6 Å². The van der Waals surface area contributed by atoms with Crippen LogP contribution in [0.3, 0.4) is 0 Å². The minimum Gasteiger partial charge on any atom is -0.478 e. The highest BCUT2D eigenvalue weighted by molar-refractivity contribution is 5.92. The van der Waals surface area contributed by atoms with Crippen molar-refractivity contribution in [3.63, 3.8) is 0 Å². The highest BCUT2D eigenvalue weighted by atomic mass is 19.1. The van der Waals surface area contributed by atoms with Crippen molar-refractivity contribution in [1.82, 2.24) is 19.4 Å². The second kappa shape index (κ2) is 11.1. The van der Waals surface area contributed by atoms with Crippen molar-refractivity contribution in [1.29, 1.82) is 5.26 Å². The number of benzene rings is 3. The Morgan fingerprint density at radius 2 is 2.00 bits per heavy atom. The van der Waals surface area contributed by atoms with Crippen LogP contribution in [0, 0.1) is 17.1 Å². The Morgan fingerprint density at radius 3 is 2.77 bits per heavy atom. The van der Waals surface area contributed by atoms with Crippen molar-refractivity contribution < 1.29 is 23.8 Å². The van der Waals surface area contributed by atoms with Crippen molar-refractivity contribution >= 4 is 27.9 Å². The molecule has 216 valence electrons. The van der Waals surface area contributed by atoms with Crippen LogP contribution in [0.2, 0.25) is 0 Å². The van der Waals surface area contributed by atoms with E-state index in [1.165, 1.54) is 17.2 Å². The van der Waals surface area contributed by atoms with Gasteiger partial charge in [0.2, 0.25) is 5.88 Å². The summed E-state index contributed by atoms with van der Waals surface area (Å²) in [5.74, 6) is -0.131. The summed E-state index contributed by atoms with van der Waals surface area (Å²) >= 11 is 0. The van der Waals surface area contributed by atoms with Crippen LogP contribution in [-0.2, 0) is 37.4 Å². The number of carboxylic acids is 1. The normalized spacial score (nSPS) is 16.5. The molecule has 0 radical (unpaired) electrons. The molecule has 10 heteroatoms. The van der Waals surface area contributed by atoms with Crippen molar-refractivity contribution in [3.8, 4) is 11.9 Å². The van der Waals surface area contributed by atoms with Gasteiger partial charge >= 0.3 is 5.97 Å². The molecular formula is C33H28FN5O4. The number of carboxylic acid groups (broad SMARTS) is 1. The Morgan fingerprint density at radius 1 is 1.14 bits per heavy atom. The van der Waals surface area contributed by atoms with Crippen LogP contribution < -0.4 is 4.74 Å². The summed E-state index contributed by atoms with van der Waals surface area (Å²) in [5.41, 5.74) is 5.69. The van der Waals surface area contributed by atoms with Gasteiger partial charge in [-0.3, -0.25) is 4.90 Å². The van der Waals surface area contributed by atoms with Gasteiger partial charge in [0.1, 0.15) is 18.2 Å².